The minimum atomic E-state index is 0.175. The highest BCUT2D eigenvalue weighted by atomic mass is 15.3. The predicted molar refractivity (Wildman–Crippen MR) is 230 cm³/mol. The highest BCUT2D eigenvalue weighted by Crippen LogP contribution is 2.48. The number of hydrogen-bond acceptors (Lipinski definition) is 3. The van der Waals surface area contributed by atoms with E-state index in [1.165, 1.54) is 52.9 Å². The molecule has 3 nitrogen and oxygen atoms in total. The molecule has 0 radical (unpaired) electrons. The molecule has 52 heavy (non-hydrogen) atoms. The third-order valence-corrected chi connectivity index (χ3v) is 11.4. The van der Waals surface area contributed by atoms with Crippen molar-refractivity contribution in [3.8, 4) is 0 Å². The van der Waals surface area contributed by atoms with E-state index in [1.807, 2.05) is 0 Å². The zero-order valence-corrected chi connectivity index (χ0v) is 36.8. The highest BCUT2D eigenvalue weighted by molar-refractivity contribution is 5.62. The Labute approximate surface area is 321 Å². The van der Waals surface area contributed by atoms with Gasteiger partial charge in [0.05, 0.1) is 0 Å². The molecule has 0 aromatic heterocycles. The van der Waals surface area contributed by atoms with Gasteiger partial charge in [0.1, 0.15) is 0 Å². The van der Waals surface area contributed by atoms with Crippen molar-refractivity contribution >= 4 is 11.4 Å². The maximum Gasteiger partial charge on any atom is 0.0408 e. The van der Waals surface area contributed by atoms with Crippen molar-refractivity contribution < 1.29 is 0 Å². The lowest BCUT2D eigenvalue weighted by molar-refractivity contribution is 0.0308. The van der Waals surface area contributed by atoms with Crippen molar-refractivity contribution in [3.05, 3.63) is 95.1 Å². The number of fused-ring (bicyclic) bond motifs is 3. The second-order valence-corrected chi connectivity index (χ2v) is 22.1. The van der Waals surface area contributed by atoms with Gasteiger partial charge < -0.3 is 9.80 Å². The van der Waals surface area contributed by atoms with E-state index in [2.05, 4.69) is 212 Å². The quantitative estimate of drug-likeness (QED) is 0.230. The third kappa shape index (κ3) is 9.47. The van der Waals surface area contributed by atoms with Gasteiger partial charge in [-0.25, -0.2) is 0 Å². The molecule has 3 atom stereocenters. The molecule has 3 heterocycles. The SMILES string of the molecule is CC(C)(C)C1CCc2ccccc2N1C(C)(C)C.CC(C)(C)C1Cc2ccccc2N1C(C)(C)C.CC(C)(C)C1c2ccccc2CN1C(C)(C)C. The van der Waals surface area contributed by atoms with E-state index in [1.54, 1.807) is 0 Å². The number of nitrogens with zero attached hydrogens (tertiary/aromatic N) is 3. The Morgan fingerprint density at radius 1 is 0.442 bits per heavy atom. The number of benzene rings is 3. The maximum absolute atomic E-state index is 2.64. The molecule has 288 valence electrons. The van der Waals surface area contributed by atoms with Crippen LogP contribution in [-0.2, 0) is 19.4 Å². The first kappa shape index (κ1) is 42.0. The predicted octanol–water partition coefficient (Wildman–Crippen LogP) is 13.3. The Morgan fingerprint density at radius 3 is 1.33 bits per heavy atom. The fourth-order valence-corrected chi connectivity index (χ4v) is 9.05. The molecule has 6 rings (SSSR count). The smallest absolute Gasteiger partial charge is 0.0408 e. The first-order valence-electron chi connectivity index (χ1n) is 20.2. The lowest BCUT2D eigenvalue weighted by Crippen LogP contribution is -2.55. The van der Waals surface area contributed by atoms with Gasteiger partial charge in [0.25, 0.3) is 0 Å². The van der Waals surface area contributed by atoms with E-state index in [0.717, 1.165) is 6.54 Å². The molecule has 0 N–H and O–H groups in total. The molecule has 0 bridgehead atoms. The van der Waals surface area contributed by atoms with Crippen LogP contribution in [0.25, 0.3) is 0 Å². The normalized spacial score (nSPS) is 21.0. The number of anilines is 2. The first-order chi connectivity index (χ1) is 23.6. The van der Waals surface area contributed by atoms with Crippen molar-refractivity contribution in [3.63, 3.8) is 0 Å². The van der Waals surface area contributed by atoms with Crippen LogP contribution in [0, 0.1) is 16.2 Å². The minimum Gasteiger partial charge on any atom is -0.363 e. The maximum atomic E-state index is 2.64. The van der Waals surface area contributed by atoms with Gasteiger partial charge in [-0.05, 0) is 132 Å². The van der Waals surface area contributed by atoms with E-state index >= 15 is 0 Å². The molecule has 3 heteroatoms. The molecule has 3 aliphatic rings. The van der Waals surface area contributed by atoms with E-state index in [0.29, 0.717) is 29.0 Å². The van der Waals surface area contributed by atoms with Crippen LogP contribution in [-0.4, -0.2) is 33.6 Å². The molecule has 0 saturated heterocycles. The van der Waals surface area contributed by atoms with Crippen LogP contribution in [0.5, 0.6) is 0 Å². The number of aryl methyl sites for hydroxylation is 1. The summed E-state index contributed by atoms with van der Waals surface area (Å²) in [5.41, 5.74) is 10.4. The summed E-state index contributed by atoms with van der Waals surface area (Å²) in [6, 6.07) is 28.4. The summed E-state index contributed by atoms with van der Waals surface area (Å²) in [4.78, 5) is 7.89. The first-order valence-corrected chi connectivity index (χ1v) is 20.2. The van der Waals surface area contributed by atoms with E-state index in [9.17, 15) is 0 Å². The molecular formula is C49H77N3. The van der Waals surface area contributed by atoms with Gasteiger partial charge in [-0.1, -0.05) is 123 Å². The summed E-state index contributed by atoms with van der Waals surface area (Å²) in [6.07, 6.45) is 3.65. The molecule has 0 fully saturated rings. The van der Waals surface area contributed by atoms with E-state index in [4.69, 9.17) is 0 Å². The third-order valence-electron chi connectivity index (χ3n) is 11.4. The van der Waals surface area contributed by atoms with Gasteiger partial charge in [0.2, 0.25) is 0 Å². The minimum absolute atomic E-state index is 0.175. The Balaban J connectivity index is 0.000000175. The van der Waals surface area contributed by atoms with Crippen LogP contribution in [0.2, 0.25) is 0 Å². The van der Waals surface area contributed by atoms with Crippen LogP contribution < -0.4 is 9.80 Å². The highest BCUT2D eigenvalue weighted by Gasteiger charge is 2.44. The largest absolute Gasteiger partial charge is 0.363 e. The fraction of sp³-hybridized carbons (Fsp3) is 0.633. The summed E-state index contributed by atoms with van der Waals surface area (Å²) >= 11 is 0. The lowest BCUT2D eigenvalue weighted by Gasteiger charge is -2.52. The Morgan fingerprint density at radius 2 is 0.865 bits per heavy atom. The van der Waals surface area contributed by atoms with Crippen molar-refractivity contribution in [2.24, 2.45) is 16.2 Å². The molecule has 0 spiro atoms. The van der Waals surface area contributed by atoms with Gasteiger partial charge in [-0.2, -0.15) is 0 Å². The number of rotatable bonds is 0. The molecule has 0 aliphatic carbocycles. The molecule has 3 aromatic carbocycles. The van der Waals surface area contributed by atoms with E-state index < -0.39 is 0 Å². The van der Waals surface area contributed by atoms with Crippen LogP contribution >= 0.6 is 0 Å². The molecule has 0 saturated carbocycles. The van der Waals surface area contributed by atoms with Crippen molar-refractivity contribution in [2.75, 3.05) is 9.80 Å². The van der Waals surface area contributed by atoms with E-state index in [-0.39, 0.29) is 22.0 Å². The van der Waals surface area contributed by atoms with Gasteiger partial charge in [-0.15, -0.1) is 0 Å². The Hall–Kier alpha value is -2.78. The zero-order chi connectivity index (χ0) is 39.2. The fourth-order valence-electron chi connectivity index (χ4n) is 9.05. The molecule has 3 aliphatic heterocycles. The van der Waals surface area contributed by atoms with Crippen LogP contribution in [0.4, 0.5) is 11.4 Å². The van der Waals surface area contributed by atoms with Crippen molar-refractivity contribution in [1.82, 2.24) is 4.90 Å². The summed E-state index contributed by atoms with van der Waals surface area (Å²) in [5.74, 6) is 0. The van der Waals surface area contributed by atoms with Crippen LogP contribution in [0.3, 0.4) is 0 Å². The zero-order valence-electron chi connectivity index (χ0n) is 36.8. The Bertz CT molecular complexity index is 1540. The monoisotopic (exact) mass is 708 g/mol. The summed E-state index contributed by atoms with van der Waals surface area (Å²) in [6.45, 7) is 43.1. The standard InChI is InChI=1S/C17H27N.2C16H25N/c1-16(2,3)15-12-11-13-9-7-8-10-14(13)18(15)17(4,5)6;1-15(2,3)14-13-10-8-7-9-12(13)11-17(14)16(4,5)6;1-15(2,3)14-11-12-9-7-8-10-13(12)17(14)16(4,5)6/h7-10,15H,11-12H2,1-6H3;2*7-10,14H,11H2,1-6H3. The summed E-state index contributed by atoms with van der Waals surface area (Å²) < 4.78 is 0. The Kier molecular flexibility index (Phi) is 11.9. The molecule has 3 unspecified atom stereocenters. The van der Waals surface area contributed by atoms with Gasteiger partial charge in [-0.3, -0.25) is 4.90 Å². The summed E-state index contributed by atoms with van der Waals surface area (Å²) in [7, 11) is 0. The molecular weight excluding hydrogens is 631 g/mol. The average Bonchev–Trinajstić information content (AvgIpc) is 3.61. The van der Waals surface area contributed by atoms with Crippen molar-refractivity contribution in [1.29, 1.82) is 0 Å². The second kappa shape index (κ2) is 14.8. The number of para-hydroxylation sites is 2. The van der Waals surface area contributed by atoms with Crippen LogP contribution in [0.1, 0.15) is 159 Å². The van der Waals surface area contributed by atoms with Gasteiger partial charge in [0.15, 0.2) is 0 Å². The van der Waals surface area contributed by atoms with Gasteiger partial charge >= 0.3 is 0 Å². The lowest BCUT2D eigenvalue weighted by atomic mass is 9.77. The molecule has 3 aromatic rings. The molecule has 0 amide bonds. The van der Waals surface area contributed by atoms with Crippen LogP contribution in [0.15, 0.2) is 72.8 Å². The summed E-state index contributed by atoms with van der Waals surface area (Å²) in [5, 5.41) is 0. The second-order valence-electron chi connectivity index (χ2n) is 22.1. The average molecular weight is 708 g/mol. The number of hydrogen-bond donors (Lipinski definition) is 0. The van der Waals surface area contributed by atoms with Crippen molar-refractivity contribution in [2.45, 2.75) is 185 Å². The topological polar surface area (TPSA) is 9.72 Å². The van der Waals surface area contributed by atoms with Gasteiger partial charge in [0, 0.05) is 52.7 Å².